The molecule has 0 spiro atoms. The lowest BCUT2D eigenvalue weighted by atomic mass is 9.88. The molecule has 2 aliphatic rings. The summed E-state index contributed by atoms with van der Waals surface area (Å²) in [5.41, 5.74) is 10.3. The van der Waals surface area contributed by atoms with E-state index in [1.54, 1.807) is 0 Å². The van der Waals surface area contributed by atoms with Gasteiger partial charge in [-0.2, -0.15) is 0 Å². The monoisotopic (exact) mass is 415 g/mol. The molecule has 30 heavy (non-hydrogen) atoms. The number of halogens is 1. The van der Waals surface area contributed by atoms with Crippen LogP contribution in [0, 0.1) is 6.92 Å². The first-order chi connectivity index (χ1) is 14.7. The maximum absolute atomic E-state index is 6.34. The maximum atomic E-state index is 6.34. The van der Waals surface area contributed by atoms with Crippen molar-refractivity contribution in [3.05, 3.63) is 99.1 Å². The number of fused-ring (bicyclic) bond motifs is 2. The molecular weight excluding hydrogens is 390 g/mol. The standard InChI is InChI=1S/C26H26ClN3/c1-18-4-2-6-23(29-18)17-30-14-11-19(12-15-30)25-24-10-9-22(27)16-21(24)8-7-20-5-3-13-28-26(20)25/h2-6,9-10,13,16H,7-8,11-12,14-15,17H2,1H3. The Balaban J connectivity index is 1.47. The minimum absolute atomic E-state index is 0.817. The molecule has 1 fully saturated rings. The summed E-state index contributed by atoms with van der Waals surface area (Å²) in [6.07, 6.45) is 6.09. The van der Waals surface area contributed by atoms with Gasteiger partial charge in [-0.15, -0.1) is 0 Å². The summed E-state index contributed by atoms with van der Waals surface area (Å²) >= 11 is 6.34. The van der Waals surface area contributed by atoms with Crippen LogP contribution in [0.3, 0.4) is 0 Å². The number of pyridine rings is 2. The molecule has 0 bridgehead atoms. The highest BCUT2D eigenvalue weighted by molar-refractivity contribution is 6.30. The van der Waals surface area contributed by atoms with Gasteiger partial charge in [-0.3, -0.25) is 14.9 Å². The summed E-state index contributed by atoms with van der Waals surface area (Å²) in [5, 5.41) is 0.817. The van der Waals surface area contributed by atoms with Crippen LogP contribution in [0.5, 0.6) is 0 Å². The number of hydrogen-bond acceptors (Lipinski definition) is 3. The Morgan fingerprint density at radius 3 is 2.60 bits per heavy atom. The van der Waals surface area contributed by atoms with E-state index in [-0.39, 0.29) is 0 Å². The van der Waals surface area contributed by atoms with Gasteiger partial charge in [0, 0.05) is 42.1 Å². The van der Waals surface area contributed by atoms with Gasteiger partial charge in [0.2, 0.25) is 0 Å². The van der Waals surface area contributed by atoms with Crippen LogP contribution in [0.15, 0.2) is 60.3 Å². The van der Waals surface area contributed by atoms with Gasteiger partial charge in [-0.25, -0.2) is 0 Å². The lowest BCUT2D eigenvalue weighted by molar-refractivity contribution is 0.246. The smallest absolute Gasteiger partial charge is 0.0739 e. The van der Waals surface area contributed by atoms with Gasteiger partial charge in [-0.1, -0.05) is 35.4 Å². The Morgan fingerprint density at radius 1 is 0.933 bits per heavy atom. The van der Waals surface area contributed by atoms with Gasteiger partial charge in [0.1, 0.15) is 0 Å². The average molecular weight is 416 g/mol. The van der Waals surface area contributed by atoms with Crippen molar-refractivity contribution in [3.63, 3.8) is 0 Å². The number of hydrogen-bond donors (Lipinski definition) is 0. The van der Waals surface area contributed by atoms with Gasteiger partial charge < -0.3 is 0 Å². The molecule has 0 radical (unpaired) electrons. The molecule has 1 aliphatic heterocycles. The Labute approximate surface area is 183 Å². The number of aryl methyl sites for hydroxylation is 3. The van der Waals surface area contributed by atoms with Crippen molar-refractivity contribution in [2.24, 2.45) is 0 Å². The van der Waals surface area contributed by atoms with Crippen LogP contribution in [-0.2, 0) is 19.4 Å². The molecule has 3 aromatic rings. The molecule has 0 amide bonds. The topological polar surface area (TPSA) is 29.0 Å². The third-order valence-corrected chi connectivity index (χ3v) is 6.51. The van der Waals surface area contributed by atoms with E-state index in [2.05, 4.69) is 59.3 Å². The lowest BCUT2D eigenvalue weighted by Gasteiger charge is -2.30. The normalized spacial score (nSPS) is 16.7. The number of nitrogens with zero attached hydrogens (tertiary/aromatic N) is 3. The summed E-state index contributed by atoms with van der Waals surface area (Å²) < 4.78 is 0. The second kappa shape index (κ2) is 8.33. The molecule has 1 aromatic carbocycles. The number of aromatic nitrogens is 2. The highest BCUT2D eigenvalue weighted by Gasteiger charge is 2.25. The van der Waals surface area contributed by atoms with Gasteiger partial charge in [0.15, 0.2) is 0 Å². The van der Waals surface area contributed by atoms with Crippen LogP contribution in [0.2, 0.25) is 5.02 Å². The lowest BCUT2D eigenvalue weighted by Crippen LogP contribution is -2.31. The van der Waals surface area contributed by atoms with Gasteiger partial charge in [-0.05, 0) is 79.6 Å². The molecule has 0 saturated carbocycles. The number of piperidine rings is 1. The molecule has 4 heteroatoms. The highest BCUT2D eigenvalue weighted by atomic mass is 35.5. The van der Waals surface area contributed by atoms with E-state index in [9.17, 15) is 0 Å². The summed E-state index contributed by atoms with van der Waals surface area (Å²) in [6.45, 7) is 5.09. The summed E-state index contributed by atoms with van der Waals surface area (Å²) in [4.78, 5) is 12.0. The summed E-state index contributed by atoms with van der Waals surface area (Å²) in [5.74, 6) is 0. The largest absolute Gasteiger partial charge is 0.297 e. The van der Waals surface area contributed by atoms with E-state index >= 15 is 0 Å². The molecule has 3 heterocycles. The van der Waals surface area contributed by atoms with Gasteiger partial charge in [0.25, 0.3) is 0 Å². The second-order valence-corrected chi connectivity index (χ2v) is 8.77. The third-order valence-electron chi connectivity index (χ3n) is 6.27. The van der Waals surface area contributed by atoms with E-state index < -0.39 is 0 Å². The van der Waals surface area contributed by atoms with Crippen LogP contribution in [0.25, 0.3) is 5.57 Å². The molecule has 1 aliphatic carbocycles. The van der Waals surface area contributed by atoms with Crippen molar-refractivity contribution < 1.29 is 0 Å². The van der Waals surface area contributed by atoms with Crippen molar-refractivity contribution in [2.45, 2.75) is 39.2 Å². The van der Waals surface area contributed by atoms with E-state index in [0.29, 0.717) is 0 Å². The fourth-order valence-electron chi connectivity index (χ4n) is 4.78. The fraction of sp³-hybridized carbons (Fsp3) is 0.308. The Kier molecular flexibility index (Phi) is 5.41. The SMILES string of the molecule is Cc1cccc(CN2CCC(=C3c4ccc(Cl)cc4CCc4cccnc43)CC2)n1. The Hall–Kier alpha value is -2.49. The zero-order chi connectivity index (χ0) is 20.5. The van der Waals surface area contributed by atoms with E-state index in [1.807, 2.05) is 12.3 Å². The van der Waals surface area contributed by atoms with Crippen LogP contribution in [0.4, 0.5) is 0 Å². The molecule has 0 unspecified atom stereocenters. The van der Waals surface area contributed by atoms with Gasteiger partial charge in [0.05, 0.1) is 11.4 Å². The number of rotatable bonds is 2. The summed E-state index contributed by atoms with van der Waals surface area (Å²) in [6, 6.07) is 16.9. The molecule has 3 nitrogen and oxygen atoms in total. The fourth-order valence-corrected chi connectivity index (χ4v) is 4.98. The maximum Gasteiger partial charge on any atom is 0.0739 e. The molecule has 5 rings (SSSR count). The zero-order valence-corrected chi connectivity index (χ0v) is 18.1. The van der Waals surface area contributed by atoms with Crippen molar-refractivity contribution in [1.29, 1.82) is 0 Å². The van der Waals surface area contributed by atoms with E-state index in [4.69, 9.17) is 16.6 Å². The van der Waals surface area contributed by atoms with Crippen LogP contribution >= 0.6 is 11.6 Å². The van der Waals surface area contributed by atoms with Crippen LogP contribution in [0.1, 0.15) is 46.6 Å². The highest BCUT2D eigenvalue weighted by Crippen LogP contribution is 2.38. The quantitative estimate of drug-likeness (QED) is 0.542. The third kappa shape index (κ3) is 3.92. The average Bonchev–Trinajstić information content (AvgIpc) is 2.91. The molecule has 0 N–H and O–H groups in total. The van der Waals surface area contributed by atoms with Crippen LogP contribution in [-0.4, -0.2) is 28.0 Å². The van der Waals surface area contributed by atoms with Crippen molar-refractivity contribution in [3.8, 4) is 0 Å². The minimum Gasteiger partial charge on any atom is -0.297 e. The van der Waals surface area contributed by atoms with E-state index in [0.717, 1.165) is 61.7 Å². The first-order valence-corrected chi connectivity index (χ1v) is 11.1. The Bertz CT molecular complexity index is 1110. The molecule has 1 saturated heterocycles. The number of benzene rings is 1. The first kappa shape index (κ1) is 19.5. The molecule has 152 valence electrons. The second-order valence-electron chi connectivity index (χ2n) is 8.34. The Morgan fingerprint density at radius 2 is 1.77 bits per heavy atom. The predicted octanol–water partition coefficient (Wildman–Crippen LogP) is 5.63. The first-order valence-electron chi connectivity index (χ1n) is 10.8. The predicted molar refractivity (Wildman–Crippen MR) is 123 cm³/mol. The molecule has 0 atom stereocenters. The van der Waals surface area contributed by atoms with Crippen LogP contribution < -0.4 is 0 Å². The number of likely N-dealkylation sites (tertiary alicyclic amines) is 1. The van der Waals surface area contributed by atoms with Crippen molar-refractivity contribution in [1.82, 2.24) is 14.9 Å². The zero-order valence-electron chi connectivity index (χ0n) is 17.4. The molecule has 2 aromatic heterocycles. The molecular formula is C26H26ClN3. The summed E-state index contributed by atoms with van der Waals surface area (Å²) in [7, 11) is 0. The minimum atomic E-state index is 0.817. The van der Waals surface area contributed by atoms with E-state index in [1.165, 1.54) is 33.5 Å². The van der Waals surface area contributed by atoms with Crippen molar-refractivity contribution >= 4 is 17.2 Å². The van der Waals surface area contributed by atoms with Crippen molar-refractivity contribution in [2.75, 3.05) is 13.1 Å². The van der Waals surface area contributed by atoms with Gasteiger partial charge >= 0.3 is 0 Å².